The van der Waals surface area contributed by atoms with Gasteiger partial charge in [-0.25, -0.2) is 4.98 Å². The summed E-state index contributed by atoms with van der Waals surface area (Å²) in [7, 11) is 0. The largest absolute Gasteiger partial charge is 0.383 e. The SMILES string of the molecule is Nc1ncc([N+](=O)[O-])cc1C#CC=O. The summed E-state index contributed by atoms with van der Waals surface area (Å²) in [6.07, 6.45) is 1.40. The zero-order chi connectivity index (χ0) is 10.6. The molecule has 0 unspecified atom stereocenters. The van der Waals surface area contributed by atoms with E-state index in [4.69, 9.17) is 5.73 Å². The Labute approximate surface area is 78.9 Å². The number of nitrogen functional groups attached to an aromatic ring is 1. The van der Waals surface area contributed by atoms with Gasteiger partial charge < -0.3 is 5.73 Å². The average molecular weight is 191 g/mol. The Bertz CT molecular complexity index is 445. The molecule has 1 heterocycles. The standard InChI is InChI=1S/C8H5N3O3/c9-8-6(2-1-3-12)4-7(5-10-8)11(13)14/h3-5H,(H2,9,10). The first-order chi connectivity index (χ1) is 6.65. The first kappa shape index (κ1) is 9.67. The van der Waals surface area contributed by atoms with Gasteiger partial charge in [0.2, 0.25) is 0 Å². The lowest BCUT2D eigenvalue weighted by molar-refractivity contribution is -0.385. The van der Waals surface area contributed by atoms with E-state index in [2.05, 4.69) is 16.8 Å². The number of nitrogens with zero attached hydrogens (tertiary/aromatic N) is 2. The molecule has 0 bridgehead atoms. The minimum Gasteiger partial charge on any atom is -0.383 e. The zero-order valence-corrected chi connectivity index (χ0v) is 6.93. The second kappa shape index (κ2) is 4.00. The molecule has 1 aromatic rings. The number of carbonyl (C=O) groups excluding carboxylic acids is 1. The van der Waals surface area contributed by atoms with Gasteiger partial charge in [0.1, 0.15) is 12.0 Å². The minimum atomic E-state index is -0.613. The van der Waals surface area contributed by atoms with Crippen LogP contribution in [0.15, 0.2) is 12.3 Å². The van der Waals surface area contributed by atoms with Crippen LogP contribution in [-0.2, 0) is 4.79 Å². The Kier molecular flexibility index (Phi) is 2.76. The number of aromatic nitrogens is 1. The summed E-state index contributed by atoms with van der Waals surface area (Å²) in [6, 6.07) is 1.17. The monoisotopic (exact) mass is 191 g/mol. The highest BCUT2D eigenvalue weighted by atomic mass is 16.6. The van der Waals surface area contributed by atoms with Crippen LogP contribution in [0.3, 0.4) is 0 Å². The van der Waals surface area contributed by atoms with Crippen LogP contribution < -0.4 is 5.73 Å². The number of aldehydes is 1. The molecule has 70 valence electrons. The van der Waals surface area contributed by atoms with E-state index in [9.17, 15) is 14.9 Å². The summed E-state index contributed by atoms with van der Waals surface area (Å²) >= 11 is 0. The summed E-state index contributed by atoms with van der Waals surface area (Å²) in [5, 5.41) is 10.3. The average Bonchev–Trinajstić information content (AvgIpc) is 2.16. The second-order valence-corrected chi connectivity index (χ2v) is 2.27. The molecule has 2 N–H and O–H groups in total. The summed E-state index contributed by atoms with van der Waals surface area (Å²) < 4.78 is 0. The fourth-order valence-electron chi connectivity index (χ4n) is 0.771. The van der Waals surface area contributed by atoms with Crippen molar-refractivity contribution in [3.05, 3.63) is 27.9 Å². The van der Waals surface area contributed by atoms with Crippen LogP contribution in [0.4, 0.5) is 11.5 Å². The molecule has 0 aliphatic rings. The molecular weight excluding hydrogens is 186 g/mol. The third kappa shape index (κ3) is 2.04. The molecule has 0 aromatic carbocycles. The Morgan fingerprint density at radius 2 is 2.36 bits per heavy atom. The predicted molar refractivity (Wildman–Crippen MR) is 48.2 cm³/mol. The second-order valence-electron chi connectivity index (χ2n) is 2.27. The van der Waals surface area contributed by atoms with Crippen LogP contribution in [0.25, 0.3) is 0 Å². The predicted octanol–water partition coefficient (Wildman–Crippen LogP) is 0.122. The van der Waals surface area contributed by atoms with Gasteiger partial charge in [-0.1, -0.05) is 5.92 Å². The van der Waals surface area contributed by atoms with E-state index in [0.717, 1.165) is 6.20 Å². The van der Waals surface area contributed by atoms with E-state index in [1.165, 1.54) is 6.07 Å². The Hall–Kier alpha value is -2.42. The molecule has 0 aliphatic heterocycles. The van der Waals surface area contributed by atoms with Crippen LogP contribution in [0, 0.1) is 22.0 Å². The van der Waals surface area contributed by atoms with Crippen molar-refractivity contribution in [3.63, 3.8) is 0 Å². The third-order valence-corrected chi connectivity index (χ3v) is 1.38. The van der Waals surface area contributed by atoms with Crippen LogP contribution in [-0.4, -0.2) is 16.2 Å². The molecule has 0 saturated heterocycles. The molecule has 1 rings (SSSR count). The van der Waals surface area contributed by atoms with E-state index in [1.54, 1.807) is 0 Å². The smallest absolute Gasteiger partial charge is 0.288 e. The maximum Gasteiger partial charge on any atom is 0.288 e. The Morgan fingerprint density at radius 3 is 2.93 bits per heavy atom. The molecule has 0 spiro atoms. The van der Waals surface area contributed by atoms with E-state index >= 15 is 0 Å². The van der Waals surface area contributed by atoms with Crippen molar-refractivity contribution in [2.45, 2.75) is 0 Å². The van der Waals surface area contributed by atoms with Crippen LogP contribution in [0.1, 0.15) is 5.56 Å². The van der Waals surface area contributed by atoms with Crippen molar-refractivity contribution in [2.75, 3.05) is 5.73 Å². The molecule has 0 amide bonds. The van der Waals surface area contributed by atoms with E-state index in [-0.39, 0.29) is 17.1 Å². The fourth-order valence-corrected chi connectivity index (χ4v) is 0.771. The quantitative estimate of drug-likeness (QED) is 0.294. The maximum absolute atomic E-state index is 10.3. The molecule has 0 atom stereocenters. The molecule has 6 heteroatoms. The van der Waals surface area contributed by atoms with Crippen LogP contribution in [0.2, 0.25) is 0 Å². The Morgan fingerprint density at radius 1 is 1.64 bits per heavy atom. The first-order valence-corrected chi connectivity index (χ1v) is 3.50. The third-order valence-electron chi connectivity index (χ3n) is 1.38. The van der Waals surface area contributed by atoms with Gasteiger partial charge in [-0.15, -0.1) is 0 Å². The highest BCUT2D eigenvalue weighted by Gasteiger charge is 2.08. The molecule has 1 aromatic heterocycles. The van der Waals surface area contributed by atoms with E-state index in [0.29, 0.717) is 6.29 Å². The van der Waals surface area contributed by atoms with E-state index < -0.39 is 4.92 Å². The van der Waals surface area contributed by atoms with Gasteiger partial charge in [0, 0.05) is 6.07 Å². The van der Waals surface area contributed by atoms with Crippen molar-refractivity contribution in [1.82, 2.24) is 4.98 Å². The maximum atomic E-state index is 10.3. The van der Waals surface area contributed by atoms with Crippen LogP contribution >= 0.6 is 0 Å². The van der Waals surface area contributed by atoms with Crippen LogP contribution in [0.5, 0.6) is 0 Å². The van der Waals surface area contributed by atoms with Crippen molar-refractivity contribution < 1.29 is 9.72 Å². The molecule has 0 aliphatic carbocycles. The van der Waals surface area contributed by atoms with Crippen molar-refractivity contribution >= 4 is 17.8 Å². The molecule has 14 heavy (non-hydrogen) atoms. The number of nitrogens with two attached hydrogens (primary N) is 1. The number of nitro groups is 1. The van der Waals surface area contributed by atoms with Gasteiger partial charge in [-0.05, 0) is 5.92 Å². The van der Waals surface area contributed by atoms with Gasteiger partial charge in [0.15, 0.2) is 6.29 Å². The number of pyridine rings is 1. The fraction of sp³-hybridized carbons (Fsp3) is 0. The molecular formula is C8H5N3O3. The lowest BCUT2D eigenvalue weighted by Gasteiger charge is -1.95. The first-order valence-electron chi connectivity index (χ1n) is 3.50. The highest BCUT2D eigenvalue weighted by Crippen LogP contribution is 2.15. The zero-order valence-electron chi connectivity index (χ0n) is 6.93. The van der Waals surface area contributed by atoms with Gasteiger partial charge >= 0.3 is 0 Å². The Balaban J connectivity index is 3.21. The van der Waals surface area contributed by atoms with Gasteiger partial charge in [-0.3, -0.25) is 14.9 Å². The summed E-state index contributed by atoms with van der Waals surface area (Å²) in [4.78, 5) is 23.2. The number of rotatable bonds is 1. The molecule has 0 radical (unpaired) electrons. The molecule has 0 fully saturated rings. The van der Waals surface area contributed by atoms with Gasteiger partial charge in [0.05, 0.1) is 10.5 Å². The van der Waals surface area contributed by atoms with Gasteiger partial charge in [0.25, 0.3) is 5.69 Å². The minimum absolute atomic E-state index is 0.0601. The topological polar surface area (TPSA) is 99.1 Å². The van der Waals surface area contributed by atoms with Gasteiger partial charge in [-0.2, -0.15) is 0 Å². The lowest BCUT2D eigenvalue weighted by Crippen LogP contribution is -1.97. The summed E-state index contributed by atoms with van der Waals surface area (Å²) in [5.41, 5.74) is 5.34. The number of hydrogen-bond donors (Lipinski definition) is 1. The molecule has 6 nitrogen and oxygen atoms in total. The highest BCUT2D eigenvalue weighted by molar-refractivity contribution is 5.75. The molecule has 0 saturated carbocycles. The summed E-state index contributed by atoms with van der Waals surface area (Å²) in [5.74, 6) is 4.51. The lowest BCUT2D eigenvalue weighted by atomic mass is 10.2. The summed E-state index contributed by atoms with van der Waals surface area (Å²) in [6.45, 7) is 0. The van der Waals surface area contributed by atoms with Crippen molar-refractivity contribution in [1.29, 1.82) is 0 Å². The number of hydrogen-bond acceptors (Lipinski definition) is 5. The normalized spacial score (nSPS) is 8.57. The number of anilines is 1. The van der Waals surface area contributed by atoms with Crippen molar-refractivity contribution in [3.8, 4) is 11.8 Å². The number of carbonyl (C=O) groups is 1. The van der Waals surface area contributed by atoms with E-state index in [1.807, 2.05) is 0 Å². The van der Waals surface area contributed by atoms with Crippen molar-refractivity contribution in [2.24, 2.45) is 0 Å².